The number of aliphatic imine (C=N–C) groups is 1. The van der Waals surface area contributed by atoms with Gasteiger partial charge >= 0.3 is 0 Å². The van der Waals surface area contributed by atoms with Crippen LogP contribution in [0.3, 0.4) is 0 Å². The van der Waals surface area contributed by atoms with E-state index in [-0.39, 0.29) is 29.9 Å². The summed E-state index contributed by atoms with van der Waals surface area (Å²) in [5.74, 6) is 1.39. The summed E-state index contributed by atoms with van der Waals surface area (Å²) in [6.07, 6.45) is 1.40. The first-order chi connectivity index (χ1) is 9.01. The van der Waals surface area contributed by atoms with Gasteiger partial charge in [-0.05, 0) is 26.2 Å². The first kappa shape index (κ1) is 21.8. The summed E-state index contributed by atoms with van der Waals surface area (Å²) in [4.78, 5) is 15.9. The monoisotopic (exact) mass is 398 g/mol. The fourth-order valence-electron chi connectivity index (χ4n) is 1.32. The van der Waals surface area contributed by atoms with Gasteiger partial charge in [0.15, 0.2) is 5.96 Å². The van der Waals surface area contributed by atoms with Crippen molar-refractivity contribution in [3.63, 3.8) is 0 Å². The van der Waals surface area contributed by atoms with Gasteiger partial charge in [-0.15, -0.1) is 24.0 Å². The van der Waals surface area contributed by atoms with Crippen LogP contribution in [0.15, 0.2) is 4.99 Å². The molecule has 5 nitrogen and oxygen atoms in total. The molecule has 0 saturated heterocycles. The molecule has 1 amide bonds. The number of carbonyl (C=O) groups excluding carboxylic acids is 1. The van der Waals surface area contributed by atoms with Crippen molar-refractivity contribution < 1.29 is 4.79 Å². The Balaban J connectivity index is 0. The van der Waals surface area contributed by atoms with Gasteiger partial charge in [-0.3, -0.25) is 9.79 Å². The van der Waals surface area contributed by atoms with E-state index in [9.17, 15) is 4.79 Å². The Kier molecular flexibility index (Phi) is 14.6. The lowest BCUT2D eigenvalue weighted by molar-refractivity contribution is -0.120. The molecule has 0 fully saturated rings. The normalized spacial score (nSPS) is 12.6. The second kappa shape index (κ2) is 13.5. The third-order valence-electron chi connectivity index (χ3n) is 2.89. The highest BCUT2D eigenvalue weighted by atomic mass is 127. The first-order valence-corrected chi connectivity index (χ1v) is 7.32. The maximum absolute atomic E-state index is 11.5. The average molecular weight is 398 g/mol. The summed E-state index contributed by atoms with van der Waals surface area (Å²) in [6.45, 7) is 12.6. The molecular formula is C14H31IN4O. The number of hydrogen-bond donors (Lipinski definition) is 3. The van der Waals surface area contributed by atoms with E-state index in [0.717, 1.165) is 25.5 Å². The largest absolute Gasteiger partial charge is 0.357 e. The van der Waals surface area contributed by atoms with E-state index in [1.54, 1.807) is 0 Å². The molecule has 0 heterocycles. The van der Waals surface area contributed by atoms with Crippen LogP contribution in [-0.2, 0) is 4.79 Å². The SMILES string of the molecule is CCCNC(=O)CCN=C(NCC)NC(C)C(C)C.I. The molecule has 1 unspecified atom stereocenters. The number of hydrogen-bond acceptors (Lipinski definition) is 2. The van der Waals surface area contributed by atoms with E-state index in [1.165, 1.54) is 0 Å². The number of nitrogens with one attached hydrogen (secondary N) is 3. The lowest BCUT2D eigenvalue weighted by atomic mass is 10.1. The summed E-state index contributed by atoms with van der Waals surface area (Å²) < 4.78 is 0. The Morgan fingerprint density at radius 1 is 1.15 bits per heavy atom. The number of amides is 1. The quantitative estimate of drug-likeness (QED) is 0.333. The van der Waals surface area contributed by atoms with Gasteiger partial charge in [0.05, 0.1) is 6.54 Å². The maximum atomic E-state index is 11.5. The Morgan fingerprint density at radius 3 is 2.30 bits per heavy atom. The summed E-state index contributed by atoms with van der Waals surface area (Å²) in [7, 11) is 0. The highest BCUT2D eigenvalue weighted by Crippen LogP contribution is 1.99. The molecule has 0 aromatic heterocycles. The van der Waals surface area contributed by atoms with Crippen molar-refractivity contribution in [1.82, 2.24) is 16.0 Å². The van der Waals surface area contributed by atoms with Gasteiger partial charge in [0.25, 0.3) is 0 Å². The Labute approximate surface area is 140 Å². The number of carbonyl (C=O) groups is 1. The number of guanidine groups is 1. The molecule has 6 heteroatoms. The van der Waals surface area contributed by atoms with E-state index >= 15 is 0 Å². The molecule has 0 aromatic carbocycles. The van der Waals surface area contributed by atoms with E-state index in [1.807, 2.05) is 13.8 Å². The zero-order valence-electron chi connectivity index (χ0n) is 13.5. The smallest absolute Gasteiger partial charge is 0.221 e. The molecular weight excluding hydrogens is 367 g/mol. The molecule has 3 N–H and O–H groups in total. The van der Waals surface area contributed by atoms with Crippen LogP contribution in [-0.4, -0.2) is 37.5 Å². The predicted molar refractivity (Wildman–Crippen MR) is 96.7 cm³/mol. The summed E-state index contributed by atoms with van der Waals surface area (Å²) in [6, 6.07) is 0.353. The maximum Gasteiger partial charge on any atom is 0.221 e. The third-order valence-corrected chi connectivity index (χ3v) is 2.89. The van der Waals surface area contributed by atoms with Crippen LogP contribution in [0.25, 0.3) is 0 Å². The molecule has 0 saturated carbocycles. The van der Waals surface area contributed by atoms with Crippen LogP contribution < -0.4 is 16.0 Å². The van der Waals surface area contributed by atoms with Crippen molar-refractivity contribution in [1.29, 1.82) is 0 Å². The van der Waals surface area contributed by atoms with Gasteiger partial charge in [-0.1, -0.05) is 20.8 Å². The molecule has 0 radical (unpaired) electrons. The van der Waals surface area contributed by atoms with Crippen molar-refractivity contribution in [2.24, 2.45) is 10.9 Å². The molecule has 0 rings (SSSR count). The minimum Gasteiger partial charge on any atom is -0.357 e. The van der Waals surface area contributed by atoms with Crippen LogP contribution in [0.4, 0.5) is 0 Å². The Bertz CT molecular complexity index is 282. The average Bonchev–Trinajstić information content (AvgIpc) is 2.36. The fourth-order valence-corrected chi connectivity index (χ4v) is 1.32. The van der Waals surface area contributed by atoms with Crippen molar-refractivity contribution in [3.8, 4) is 0 Å². The molecule has 0 bridgehead atoms. The fraction of sp³-hybridized carbons (Fsp3) is 0.857. The second-order valence-corrected chi connectivity index (χ2v) is 5.04. The predicted octanol–water partition coefficient (Wildman–Crippen LogP) is 2.12. The Hall–Kier alpha value is -0.530. The van der Waals surface area contributed by atoms with Gasteiger partial charge in [-0.2, -0.15) is 0 Å². The lowest BCUT2D eigenvalue weighted by Gasteiger charge is -2.20. The zero-order valence-corrected chi connectivity index (χ0v) is 15.8. The van der Waals surface area contributed by atoms with Gasteiger partial charge in [-0.25, -0.2) is 0 Å². The van der Waals surface area contributed by atoms with Crippen LogP contribution in [0.5, 0.6) is 0 Å². The molecule has 120 valence electrons. The summed E-state index contributed by atoms with van der Waals surface area (Å²) >= 11 is 0. The van der Waals surface area contributed by atoms with E-state index in [2.05, 4.69) is 41.7 Å². The standard InChI is InChI=1S/C14H30N4O.HI/c1-6-9-16-13(19)8-10-17-14(15-7-2)18-12(5)11(3)4;/h11-12H,6-10H2,1-5H3,(H,16,19)(H2,15,17,18);1H. The van der Waals surface area contributed by atoms with Crippen LogP contribution >= 0.6 is 24.0 Å². The number of nitrogens with zero attached hydrogens (tertiary/aromatic N) is 1. The third kappa shape index (κ3) is 11.3. The molecule has 0 aliphatic rings. The molecule has 0 aromatic rings. The van der Waals surface area contributed by atoms with E-state index < -0.39 is 0 Å². The summed E-state index contributed by atoms with van der Waals surface area (Å²) in [5.41, 5.74) is 0. The van der Waals surface area contributed by atoms with E-state index in [0.29, 0.717) is 24.9 Å². The first-order valence-electron chi connectivity index (χ1n) is 7.32. The molecule has 0 spiro atoms. The minimum atomic E-state index is 0. The van der Waals surface area contributed by atoms with E-state index in [4.69, 9.17) is 0 Å². The van der Waals surface area contributed by atoms with Gasteiger partial charge in [0.1, 0.15) is 0 Å². The van der Waals surface area contributed by atoms with Crippen molar-refractivity contribution >= 4 is 35.8 Å². The zero-order chi connectivity index (χ0) is 14.7. The molecule has 1 atom stereocenters. The van der Waals surface area contributed by atoms with Crippen LogP contribution in [0.1, 0.15) is 47.5 Å². The summed E-state index contributed by atoms with van der Waals surface area (Å²) in [5, 5.41) is 9.38. The van der Waals surface area contributed by atoms with Crippen molar-refractivity contribution in [2.45, 2.75) is 53.5 Å². The second-order valence-electron chi connectivity index (χ2n) is 5.04. The van der Waals surface area contributed by atoms with Crippen molar-refractivity contribution in [2.75, 3.05) is 19.6 Å². The van der Waals surface area contributed by atoms with Gasteiger partial charge in [0.2, 0.25) is 5.91 Å². The topological polar surface area (TPSA) is 65.5 Å². The molecule has 20 heavy (non-hydrogen) atoms. The van der Waals surface area contributed by atoms with Gasteiger partial charge < -0.3 is 16.0 Å². The minimum absolute atomic E-state index is 0. The number of halogens is 1. The highest BCUT2D eigenvalue weighted by molar-refractivity contribution is 14.0. The molecule has 0 aliphatic carbocycles. The Morgan fingerprint density at radius 2 is 1.80 bits per heavy atom. The van der Waals surface area contributed by atoms with Crippen molar-refractivity contribution in [3.05, 3.63) is 0 Å². The number of rotatable bonds is 8. The molecule has 0 aliphatic heterocycles. The van der Waals surface area contributed by atoms with Gasteiger partial charge in [0, 0.05) is 25.6 Å². The lowest BCUT2D eigenvalue weighted by Crippen LogP contribution is -2.44. The highest BCUT2D eigenvalue weighted by Gasteiger charge is 2.08. The van der Waals surface area contributed by atoms with Crippen LogP contribution in [0, 0.1) is 5.92 Å². The van der Waals surface area contributed by atoms with Crippen LogP contribution in [0.2, 0.25) is 0 Å².